The van der Waals surface area contributed by atoms with Crippen molar-refractivity contribution in [1.82, 2.24) is 20.2 Å². The number of hydrogen-bond donors (Lipinski definition) is 3. The first-order valence-electron chi connectivity index (χ1n) is 12.4. The van der Waals surface area contributed by atoms with E-state index in [1.54, 1.807) is 6.07 Å². The molecule has 2 saturated heterocycles. The standard InChI is InChI=1S/C25H34N6O3/c32-21(15-30-11-8-18-6-2-3-7-19(18)14-30)13-26-24(33)22-12-23(27-20-16-34-17-20)29-25(28-22)31-9-4-1-5-10-31/h2-3,6-7,12,20-21,32H,1,4-5,8-11,13-17H2,(H,26,33)(H,27,28,29). The second-order valence-electron chi connectivity index (χ2n) is 9.48. The first kappa shape index (κ1) is 23.0. The van der Waals surface area contributed by atoms with Crippen LogP contribution in [-0.2, 0) is 17.7 Å². The minimum absolute atomic E-state index is 0.180. The number of carbonyl (C=O) groups is 1. The van der Waals surface area contributed by atoms with Crippen LogP contribution in [-0.4, -0.2) is 84.0 Å². The molecule has 1 amide bonds. The zero-order chi connectivity index (χ0) is 23.3. The summed E-state index contributed by atoms with van der Waals surface area (Å²) in [4.78, 5) is 26.6. The molecule has 2 aromatic rings. The molecule has 9 heteroatoms. The fraction of sp³-hybridized carbons (Fsp3) is 0.560. The Labute approximate surface area is 200 Å². The van der Waals surface area contributed by atoms with Gasteiger partial charge in [-0.15, -0.1) is 0 Å². The highest BCUT2D eigenvalue weighted by atomic mass is 16.5. The lowest BCUT2D eigenvalue weighted by Gasteiger charge is -2.30. The summed E-state index contributed by atoms with van der Waals surface area (Å²) in [5.41, 5.74) is 3.01. The van der Waals surface area contributed by atoms with Gasteiger partial charge in [0.05, 0.1) is 25.4 Å². The van der Waals surface area contributed by atoms with Gasteiger partial charge in [-0.1, -0.05) is 24.3 Å². The van der Waals surface area contributed by atoms with Gasteiger partial charge in [0.1, 0.15) is 11.5 Å². The van der Waals surface area contributed by atoms with E-state index in [0.717, 1.165) is 45.4 Å². The molecule has 34 heavy (non-hydrogen) atoms. The van der Waals surface area contributed by atoms with Crippen LogP contribution in [0.25, 0.3) is 0 Å². The number of hydrogen-bond acceptors (Lipinski definition) is 8. The van der Waals surface area contributed by atoms with Crippen LogP contribution in [0.4, 0.5) is 11.8 Å². The first-order valence-corrected chi connectivity index (χ1v) is 12.4. The van der Waals surface area contributed by atoms with Gasteiger partial charge < -0.3 is 25.4 Å². The number of nitrogens with one attached hydrogen (secondary N) is 2. The lowest BCUT2D eigenvalue weighted by Crippen LogP contribution is -2.42. The van der Waals surface area contributed by atoms with E-state index in [9.17, 15) is 9.90 Å². The fourth-order valence-electron chi connectivity index (χ4n) is 4.76. The normalized spacial score (nSPS) is 19.7. The number of nitrogens with zero attached hydrogens (tertiary/aromatic N) is 4. The Kier molecular flexibility index (Phi) is 7.22. The molecule has 1 atom stereocenters. The van der Waals surface area contributed by atoms with E-state index in [2.05, 4.69) is 54.7 Å². The third-order valence-electron chi connectivity index (χ3n) is 6.75. The molecule has 3 N–H and O–H groups in total. The zero-order valence-corrected chi connectivity index (χ0v) is 19.6. The number of aromatic nitrogens is 2. The molecule has 0 spiro atoms. The molecule has 182 valence electrons. The van der Waals surface area contributed by atoms with Gasteiger partial charge in [0.25, 0.3) is 5.91 Å². The summed E-state index contributed by atoms with van der Waals surface area (Å²) in [5, 5.41) is 16.8. The van der Waals surface area contributed by atoms with E-state index in [-0.39, 0.29) is 18.5 Å². The maximum atomic E-state index is 13.0. The molecule has 0 bridgehead atoms. The van der Waals surface area contributed by atoms with Gasteiger partial charge in [-0.25, -0.2) is 4.98 Å². The Morgan fingerprint density at radius 1 is 1.12 bits per heavy atom. The highest BCUT2D eigenvalue weighted by Crippen LogP contribution is 2.21. The molecule has 0 aliphatic carbocycles. The summed E-state index contributed by atoms with van der Waals surface area (Å²) in [5.74, 6) is 0.931. The Bertz CT molecular complexity index is 992. The van der Waals surface area contributed by atoms with Crippen molar-refractivity contribution < 1.29 is 14.6 Å². The number of ether oxygens (including phenoxy) is 1. The number of β-amino-alcohol motifs (C(OH)–C–C–N with tert-alkyl or cyclic N) is 1. The molecular weight excluding hydrogens is 432 g/mol. The van der Waals surface area contributed by atoms with Crippen molar-refractivity contribution in [3.05, 3.63) is 47.2 Å². The second-order valence-corrected chi connectivity index (χ2v) is 9.48. The number of rotatable bonds is 8. The van der Waals surface area contributed by atoms with Crippen molar-refractivity contribution in [2.75, 3.05) is 56.2 Å². The van der Waals surface area contributed by atoms with Gasteiger partial charge in [0, 0.05) is 45.3 Å². The van der Waals surface area contributed by atoms with Gasteiger partial charge in [-0.2, -0.15) is 4.98 Å². The van der Waals surface area contributed by atoms with Crippen molar-refractivity contribution in [2.45, 2.75) is 44.4 Å². The van der Waals surface area contributed by atoms with E-state index in [0.29, 0.717) is 37.2 Å². The molecular formula is C25H34N6O3. The zero-order valence-electron chi connectivity index (χ0n) is 19.6. The molecule has 3 aliphatic heterocycles. The lowest BCUT2D eigenvalue weighted by molar-refractivity contribution is 0.0209. The number of aliphatic hydroxyl groups excluding tert-OH is 1. The molecule has 3 aliphatic rings. The largest absolute Gasteiger partial charge is 0.390 e. The number of carbonyl (C=O) groups excluding carboxylic acids is 1. The number of aliphatic hydroxyl groups is 1. The molecule has 5 rings (SSSR count). The maximum Gasteiger partial charge on any atom is 0.270 e. The first-order chi connectivity index (χ1) is 16.6. The van der Waals surface area contributed by atoms with Crippen molar-refractivity contribution in [3.63, 3.8) is 0 Å². The average molecular weight is 467 g/mol. The average Bonchev–Trinajstić information content (AvgIpc) is 2.85. The predicted octanol–water partition coefficient (Wildman–Crippen LogP) is 1.43. The molecule has 1 unspecified atom stereocenters. The Hall–Kier alpha value is -2.75. The SMILES string of the molecule is O=C(NCC(O)CN1CCc2ccccc2C1)c1cc(NC2COC2)nc(N2CCCCC2)n1. The van der Waals surface area contributed by atoms with Crippen molar-refractivity contribution >= 4 is 17.7 Å². The van der Waals surface area contributed by atoms with Gasteiger partial charge in [-0.05, 0) is 36.8 Å². The number of piperidine rings is 1. The van der Waals surface area contributed by atoms with Gasteiger partial charge >= 0.3 is 0 Å². The third-order valence-corrected chi connectivity index (χ3v) is 6.75. The Morgan fingerprint density at radius 3 is 2.68 bits per heavy atom. The van der Waals surface area contributed by atoms with Crippen LogP contribution in [0.5, 0.6) is 0 Å². The summed E-state index contributed by atoms with van der Waals surface area (Å²) in [6, 6.07) is 10.3. The maximum absolute atomic E-state index is 13.0. The Morgan fingerprint density at radius 2 is 1.91 bits per heavy atom. The third kappa shape index (κ3) is 5.65. The van der Waals surface area contributed by atoms with E-state index in [1.807, 2.05) is 0 Å². The molecule has 1 aromatic heterocycles. The van der Waals surface area contributed by atoms with Crippen LogP contribution >= 0.6 is 0 Å². The molecule has 9 nitrogen and oxygen atoms in total. The van der Waals surface area contributed by atoms with Gasteiger partial charge in [0.2, 0.25) is 5.95 Å². The van der Waals surface area contributed by atoms with Crippen molar-refractivity contribution in [3.8, 4) is 0 Å². The number of anilines is 2. The summed E-state index contributed by atoms with van der Waals surface area (Å²) in [6.07, 6.45) is 3.75. The van der Waals surface area contributed by atoms with E-state index in [4.69, 9.17) is 4.74 Å². The van der Waals surface area contributed by atoms with Gasteiger partial charge in [-0.3, -0.25) is 9.69 Å². The number of fused-ring (bicyclic) bond motifs is 1. The van der Waals surface area contributed by atoms with Crippen LogP contribution in [0, 0.1) is 0 Å². The smallest absolute Gasteiger partial charge is 0.270 e. The minimum Gasteiger partial charge on any atom is -0.390 e. The van der Waals surface area contributed by atoms with Crippen LogP contribution in [0.2, 0.25) is 0 Å². The molecule has 4 heterocycles. The highest BCUT2D eigenvalue weighted by Gasteiger charge is 2.23. The second kappa shape index (κ2) is 10.7. The highest BCUT2D eigenvalue weighted by molar-refractivity contribution is 5.93. The molecule has 1 aromatic carbocycles. The van der Waals surface area contributed by atoms with Crippen LogP contribution in [0.15, 0.2) is 30.3 Å². The van der Waals surface area contributed by atoms with Crippen molar-refractivity contribution in [1.29, 1.82) is 0 Å². The number of benzene rings is 1. The van der Waals surface area contributed by atoms with Crippen molar-refractivity contribution in [2.24, 2.45) is 0 Å². The summed E-state index contributed by atoms with van der Waals surface area (Å²) in [7, 11) is 0. The van der Waals surface area contributed by atoms with E-state index >= 15 is 0 Å². The van der Waals surface area contributed by atoms with Crippen LogP contribution in [0.3, 0.4) is 0 Å². The van der Waals surface area contributed by atoms with Crippen LogP contribution < -0.4 is 15.5 Å². The topological polar surface area (TPSA) is 103 Å². The number of amides is 1. The van der Waals surface area contributed by atoms with E-state index < -0.39 is 6.10 Å². The lowest BCUT2D eigenvalue weighted by atomic mass is 10.00. The molecule has 0 radical (unpaired) electrons. The molecule has 0 saturated carbocycles. The summed E-state index contributed by atoms with van der Waals surface area (Å²) >= 11 is 0. The monoisotopic (exact) mass is 466 g/mol. The van der Waals surface area contributed by atoms with E-state index in [1.165, 1.54) is 17.5 Å². The minimum atomic E-state index is -0.651. The van der Waals surface area contributed by atoms with Gasteiger partial charge in [0.15, 0.2) is 0 Å². The molecule has 2 fully saturated rings. The van der Waals surface area contributed by atoms with Crippen LogP contribution in [0.1, 0.15) is 40.9 Å². The fourth-order valence-corrected chi connectivity index (χ4v) is 4.76. The predicted molar refractivity (Wildman–Crippen MR) is 130 cm³/mol. The summed E-state index contributed by atoms with van der Waals surface area (Å²) in [6.45, 7) is 5.50. The summed E-state index contributed by atoms with van der Waals surface area (Å²) < 4.78 is 5.25. The Balaban J connectivity index is 1.19. The quantitative estimate of drug-likeness (QED) is 0.537.